The monoisotopic (exact) mass is 139 g/mol. The number of aryl methyl sites for hydroxylation is 2. The molecular weight excluding hydrogens is 130 g/mol. The maximum Gasteiger partial charge on any atom is 0.220 e. The first-order valence-electron chi connectivity index (χ1n) is 2.95. The van der Waals surface area contributed by atoms with Crippen LogP contribution in [0.15, 0.2) is 6.07 Å². The number of aromatic nitrogens is 2. The van der Waals surface area contributed by atoms with E-state index in [0.29, 0.717) is 21.9 Å². The molecule has 0 aliphatic rings. The Kier molecular flexibility index (Phi) is 1.45. The molecule has 1 heterocycles. The molecule has 1 aromatic heterocycles. The van der Waals surface area contributed by atoms with Crippen molar-refractivity contribution in [1.29, 1.82) is 0 Å². The Balaban J connectivity index is 3.28. The van der Waals surface area contributed by atoms with Gasteiger partial charge in [-0.25, -0.2) is 0 Å². The van der Waals surface area contributed by atoms with Gasteiger partial charge in [-0.15, -0.1) is 0 Å². The zero-order valence-corrected chi connectivity index (χ0v) is 5.96. The highest BCUT2D eigenvalue weighted by Gasteiger charge is 2.03. The van der Waals surface area contributed by atoms with E-state index in [1.165, 1.54) is 0 Å². The number of nitrogens with zero attached hydrogens (tertiary/aromatic N) is 2. The van der Waals surface area contributed by atoms with Crippen LogP contribution in [-0.2, 0) is 0 Å². The molecular formula is C6H9N3O. The van der Waals surface area contributed by atoms with E-state index in [2.05, 4.69) is 5.10 Å². The third-order valence-corrected chi connectivity index (χ3v) is 1.32. The SMILES string of the molecule is Cc1n[n+]([O-])c(C)cc1N. The normalized spacial score (nSPS) is 9.80. The van der Waals surface area contributed by atoms with Crippen molar-refractivity contribution in [3.05, 3.63) is 22.7 Å². The minimum atomic E-state index is 0.517. The van der Waals surface area contributed by atoms with Crippen molar-refractivity contribution in [1.82, 2.24) is 5.10 Å². The summed E-state index contributed by atoms with van der Waals surface area (Å²) in [6, 6.07) is 1.61. The van der Waals surface area contributed by atoms with E-state index in [1.807, 2.05) is 0 Å². The van der Waals surface area contributed by atoms with Crippen LogP contribution in [0.5, 0.6) is 0 Å². The quantitative estimate of drug-likeness (QED) is 0.403. The third-order valence-electron chi connectivity index (χ3n) is 1.32. The van der Waals surface area contributed by atoms with E-state index in [9.17, 15) is 5.21 Å². The second kappa shape index (κ2) is 2.13. The first-order chi connectivity index (χ1) is 4.61. The van der Waals surface area contributed by atoms with Gasteiger partial charge in [0.25, 0.3) is 0 Å². The average molecular weight is 139 g/mol. The molecule has 0 aliphatic heterocycles. The van der Waals surface area contributed by atoms with Crippen LogP contribution in [-0.4, -0.2) is 5.10 Å². The van der Waals surface area contributed by atoms with Gasteiger partial charge >= 0.3 is 0 Å². The van der Waals surface area contributed by atoms with Crippen LogP contribution < -0.4 is 10.6 Å². The van der Waals surface area contributed by atoms with Crippen LogP contribution in [0.3, 0.4) is 0 Å². The zero-order chi connectivity index (χ0) is 7.72. The number of nitrogen functional groups attached to an aromatic ring is 1. The molecule has 0 radical (unpaired) electrons. The molecule has 0 saturated carbocycles. The third kappa shape index (κ3) is 1.00. The van der Waals surface area contributed by atoms with Crippen LogP contribution >= 0.6 is 0 Å². The Morgan fingerprint density at radius 1 is 1.60 bits per heavy atom. The van der Waals surface area contributed by atoms with Crippen molar-refractivity contribution in [3.8, 4) is 0 Å². The fourth-order valence-corrected chi connectivity index (χ4v) is 0.658. The highest BCUT2D eigenvalue weighted by atomic mass is 16.5. The molecule has 2 N–H and O–H groups in total. The lowest BCUT2D eigenvalue weighted by Crippen LogP contribution is -2.35. The van der Waals surface area contributed by atoms with Crippen molar-refractivity contribution in [2.24, 2.45) is 0 Å². The number of hydrogen-bond donors (Lipinski definition) is 1. The first-order valence-corrected chi connectivity index (χ1v) is 2.95. The molecule has 0 bridgehead atoms. The van der Waals surface area contributed by atoms with Crippen LogP contribution in [0.1, 0.15) is 11.4 Å². The summed E-state index contributed by atoms with van der Waals surface area (Å²) in [5.41, 5.74) is 7.12. The molecule has 1 aromatic rings. The van der Waals surface area contributed by atoms with Crippen LogP contribution in [0.25, 0.3) is 0 Å². The fourth-order valence-electron chi connectivity index (χ4n) is 0.658. The lowest BCUT2D eigenvalue weighted by Gasteiger charge is -1.99. The Morgan fingerprint density at radius 3 is 2.70 bits per heavy atom. The molecule has 4 nitrogen and oxygen atoms in total. The summed E-state index contributed by atoms with van der Waals surface area (Å²) in [6.45, 7) is 3.36. The second-order valence-corrected chi connectivity index (χ2v) is 2.20. The smallest absolute Gasteiger partial charge is 0.220 e. The zero-order valence-electron chi connectivity index (χ0n) is 5.96. The Morgan fingerprint density at radius 2 is 2.20 bits per heavy atom. The molecule has 0 spiro atoms. The van der Waals surface area contributed by atoms with Gasteiger partial charge < -0.3 is 10.9 Å². The van der Waals surface area contributed by atoms with Crippen molar-refractivity contribution >= 4 is 5.69 Å². The predicted octanol–water partition coefficient (Wildman–Crippen LogP) is -0.0860. The number of rotatable bonds is 0. The highest BCUT2D eigenvalue weighted by molar-refractivity contribution is 5.40. The Hall–Kier alpha value is -1.32. The minimum Gasteiger partial charge on any atom is -0.594 e. The van der Waals surface area contributed by atoms with Gasteiger partial charge in [0.2, 0.25) is 5.69 Å². The lowest BCUT2D eigenvalue weighted by atomic mass is 10.3. The lowest BCUT2D eigenvalue weighted by molar-refractivity contribution is -0.675. The molecule has 4 heteroatoms. The van der Waals surface area contributed by atoms with Crippen LogP contribution in [0, 0.1) is 19.1 Å². The van der Waals surface area contributed by atoms with Gasteiger partial charge in [0.15, 0.2) is 0 Å². The molecule has 0 amide bonds. The van der Waals surface area contributed by atoms with Crippen molar-refractivity contribution in [2.45, 2.75) is 13.8 Å². The van der Waals surface area contributed by atoms with E-state index in [0.717, 1.165) is 0 Å². The number of hydrogen-bond acceptors (Lipinski definition) is 3. The predicted molar refractivity (Wildman–Crippen MR) is 37.1 cm³/mol. The van der Waals surface area contributed by atoms with E-state index in [-0.39, 0.29) is 0 Å². The summed E-state index contributed by atoms with van der Waals surface area (Å²) in [6.07, 6.45) is 0. The summed E-state index contributed by atoms with van der Waals surface area (Å²) in [5.74, 6) is 0. The van der Waals surface area contributed by atoms with Crippen molar-refractivity contribution in [2.75, 3.05) is 5.73 Å². The molecule has 0 atom stereocenters. The van der Waals surface area contributed by atoms with Crippen molar-refractivity contribution in [3.63, 3.8) is 0 Å². The number of nitrogens with two attached hydrogens (primary N) is 1. The largest absolute Gasteiger partial charge is 0.594 e. The summed E-state index contributed by atoms with van der Waals surface area (Å²) >= 11 is 0. The van der Waals surface area contributed by atoms with Gasteiger partial charge in [0.1, 0.15) is 5.69 Å². The molecule has 1 rings (SSSR count). The standard InChI is InChI=1S/C6H9N3O/c1-4-3-6(7)5(2)8-9(4)10/h3H,7H2,1-2H3. The van der Waals surface area contributed by atoms with E-state index < -0.39 is 0 Å². The average Bonchev–Trinajstić information content (AvgIpc) is 1.84. The van der Waals surface area contributed by atoms with Crippen LogP contribution in [0.4, 0.5) is 5.69 Å². The molecule has 0 saturated heterocycles. The maximum absolute atomic E-state index is 10.7. The fraction of sp³-hybridized carbons (Fsp3) is 0.333. The van der Waals surface area contributed by atoms with E-state index in [4.69, 9.17) is 5.73 Å². The van der Waals surface area contributed by atoms with Crippen LogP contribution in [0.2, 0.25) is 0 Å². The van der Waals surface area contributed by atoms with E-state index in [1.54, 1.807) is 19.9 Å². The van der Waals surface area contributed by atoms with Gasteiger partial charge in [0.05, 0.1) is 5.69 Å². The molecule has 0 aliphatic carbocycles. The Labute approximate surface area is 58.9 Å². The van der Waals surface area contributed by atoms with Gasteiger partial charge in [-0.2, -0.15) is 0 Å². The minimum absolute atomic E-state index is 0.517. The molecule has 0 fully saturated rings. The summed E-state index contributed by atoms with van der Waals surface area (Å²) in [7, 11) is 0. The topological polar surface area (TPSA) is 65.8 Å². The summed E-state index contributed by atoms with van der Waals surface area (Å²) < 4.78 is 0. The number of anilines is 1. The summed E-state index contributed by atoms with van der Waals surface area (Å²) in [4.78, 5) is 0.561. The highest BCUT2D eigenvalue weighted by Crippen LogP contribution is 2.03. The van der Waals surface area contributed by atoms with Crippen molar-refractivity contribution < 1.29 is 4.85 Å². The summed E-state index contributed by atoms with van der Waals surface area (Å²) in [5, 5.41) is 14.4. The van der Waals surface area contributed by atoms with Gasteiger partial charge in [-0.3, -0.25) is 0 Å². The van der Waals surface area contributed by atoms with Gasteiger partial charge in [-0.05, 0) is 6.92 Å². The second-order valence-electron chi connectivity index (χ2n) is 2.20. The molecule has 0 unspecified atom stereocenters. The van der Waals surface area contributed by atoms with Gasteiger partial charge in [0, 0.05) is 18.1 Å². The first kappa shape index (κ1) is 6.80. The van der Waals surface area contributed by atoms with Gasteiger partial charge in [-0.1, -0.05) is 4.85 Å². The molecule has 54 valence electrons. The Bertz CT molecular complexity index is 209. The molecule has 0 aromatic carbocycles. The maximum atomic E-state index is 10.7. The van der Waals surface area contributed by atoms with E-state index >= 15 is 0 Å². The molecule has 10 heavy (non-hydrogen) atoms.